The highest BCUT2D eigenvalue weighted by Crippen LogP contribution is 2.19. The lowest BCUT2D eigenvalue weighted by molar-refractivity contribution is -0.615. The average molecular weight is 302 g/mol. The van der Waals surface area contributed by atoms with Gasteiger partial charge in [0.15, 0.2) is 0 Å². The van der Waals surface area contributed by atoms with E-state index in [4.69, 9.17) is 0 Å². The number of nitrogens with zero attached hydrogens (tertiary/aromatic N) is 4. The molecule has 2 heterocycles. The number of hydrogen-bond acceptors (Lipinski definition) is 3. The van der Waals surface area contributed by atoms with Crippen LogP contribution in [-0.2, 0) is 6.42 Å². The summed E-state index contributed by atoms with van der Waals surface area (Å²) in [6.45, 7) is 0. The summed E-state index contributed by atoms with van der Waals surface area (Å²) in [6, 6.07) is 19.7. The molecule has 0 aliphatic carbocycles. The molecule has 0 aliphatic heterocycles. The van der Waals surface area contributed by atoms with Gasteiger partial charge >= 0.3 is 0 Å². The normalized spacial score (nSPS) is 11.0. The second-order valence-corrected chi connectivity index (χ2v) is 5.31. The van der Waals surface area contributed by atoms with Crippen LogP contribution in [-0.4, -0.2) is 14.8 Å². The Hall–Kier alpha value is -3.21. The van der Waals surface area contributed by atoms with Gasteiger partial charge in [-0.05, 0) is 22.7 Å². The van der Waals surface area contributed by atoms with Crippen molar-refractivity contribution in [2.75, 3.05) is 0 Å². The molecule has 0 saturated heterocycles. The number of benzene rings is 2. The van der Waals surface area contributed by atoms with Gasteiger partial charge in [0.1, 0.15) is 11.1 Å². The van der Waals surface area contributed by atoms with Gasteiger partial charge in [-0.1, -0.05) is 48.5 Å². The molecule has 5 heteroatoms. The van der Waals surface area contributed by atoms with E-state index in [1.165, 1.54) is 6.33 Å². The fourth-order valence-corrected chi connectivity index (χ4v) is 2.69. The van der Waals surface area contributed by atoms with E-state index in [0.717, 1.165) is 21.4 Å². The molecule has 0 radical (unpaired) electrons. The minimum atomic E-state index is 0.545. The molecule has 0 N–H and O–H groups in total. The first-order valence-corrected chi connectivity index (χ1v) is 7.37. The topological polar surface area (TPSA) is 57.6 Å². The molecule has 0 bridgehead atoms. The summed E-state index contributed by atoms with van der Waals surface area (Å²) >= 11 is 0. The van der Waals surface area contributed by atoms with Crippen molar-refractivity contribution < 1.29 is 4.73 Å². The van der Waals surface area contributed by atoms with Crippen LogP contribution in [0, 0.1) is 5.21 Å². The van der Waals surface area contributed by atoms with Crippen LogP contribution in [0.15, 0.2) is 73.2 Å². The van der Waals surface area contributed by atoms with E-state index in [1.807, 2.05) is 60.7 Å². The van der Waals surface area contributed by atoms with Crippen LogP contribution in [0.2, 0.25) is 0 Å². The van der Waals surface area contributed by atoms with Gasteiger partial charge in [-0.2, -0.15) is 9.78 Å². The fraction of sp³-hybridized carbons (Fsp3) is 0.0556. The second-order valence-electron chi connectivity index (χ2n) is 5.31. The predicted octanol–water partition coefficient (Wildman–Crippen LogP) is 2.64. The Bertz CT molecular complexity index is 949. The van der Waals surface area contributed by atoms with Gasteiger partial charge in [0.2, 0.25) is 0 Å². The van der Waals surface area contributed by atoms with Crippen LogP contribution in [0.1, 0.15) is 11.3 Å². The van der Waals surface area contributed by atoms with E-state index in [0.29, 0.717) is 17.8 Å². The van der Waals surface area contributed by atoms with Crippen LogP contribution in [0.3, 0.4) is 0 Å². The van der Waals surface area contributed by atoms with Crippen molar-refractivity contribution in [3.05, 3.63) is 89.7 Å². The molecule has 0 fully saturated rings. The summed E-state index contributed by atoms with van der Waals surface area (Å²) < 4.78 is 2.58. The monoisotopic (exact) mass is 302 g/mol. The van der Waals surface area contributed by atoms with Crippen molar-refractivity contribution in [3.8, 4) is 5.69 Å². The van der Waals surface area contributed by atoms with E-state index in [1.54, 1.807) is 10.9 Å². The largest absolute Gasteiger partial charge is 0.711 e. The summed E-state index contributed by atoms with van der Waals surface area (Å²) in [5.41, 5.74) is 3.35. The van der Waals surface area contributed by atoms with Gasteiger partial charge < -0.3 is 5.21 Å². The zero-order valence-corrected chi connectivity index (χ0v) is 12.3. The lowest BCUT2D eigenvalue weighted by Gasteiger charge is -2.09. The van der Waals surface area contributed by atoms with Crippen LogP contribution in [0.4, 0.5) is 0 Å². The lowest BCUT2D eigenvalue weighted by Crippen LogP contribution is -2.32. The Morgan fingerprint density at radius 3 is 2.39 bits per heavy atom. The lowest BCUT2D eigenvalue weighted by atomic mass is 10.1. The highest BCUT2D eigenvalue weighted by Gasteiger charge is 2.17. The highest BCUT2D eigenvalue weighted by molar-refractivity contribution is 5.78. The van der Waals surface area contributed by atoms with Gasteiger partial charge in [-0.25, -0.2) is 4.73 Å². The van der Waals surface area contributed by atoms with E-state index in [-0.39, 0.29) is 0 Å². The average Bonchev–Trinajstić information content (AvgIpc) is 3.03. The number of rotatable bonds is 3. The molecule has 0 unspecified atom stereocenters. The van der Waals surface area contributed by atoms with Gasteiger partial charge in [0, 0.05) is 6.42 Å². The molecular formula is C18H14N4O. The smallest absolute Gasteiger partial charge is 0.292 e. The molecule has 2 aromatic heterocycles. The number of aromatic nitrogens is 4. The molecule has 112 valence electrons. The number of fused-ring (bicyclic) bond motifs is 1. The number of hydrogen-bond donors (Lipinski definition) is 0. The zero-order valence-electron chi connectivity index (χ0n) is 12.3. The van der Waals surface area contributed by atoms with Crippen molar-refractivity contribution in [3.63, 3.8) is 0 Å². The second kappa shape index (κ2) is 5.53. The van der Waals surface area contributed by atoms with Gasteiger partial charge in [-0.3, -0.25) is 0 Å². The van der Waals surface area contributed by atoms with Crippen molar-refractivity contribution in [1.29, 1.82) is 0 Å². The van der Waals surface area contributed by atoms with Gasteiger partial charge in [0.25, 0.3) is 12.0 Å². The third kappa shape index (κ3) is 2.42. The molecule has 5 nitrogen and oxygen atoms in total. The summed E-state index contributed by atoms with van der Waals surface area (Å²) in [6.07, 6.45) is 3.56. The van der Waals surface area contributed by atoms with Crippen molar-refractivity contribution >= 4 is 11.0 Å². The van der Waals surface area contributed by atoms with Crippen molar-refractivity contribution in [2.45, 2.75) is 6.42 Å². The van der Waals surface area contributed by atoms with Crippen LogP contribution in [0.5, 0.6) is 0 Å². The van der Waals surface area contributed by atoms with Crippen LogP contribution < -0.4 is 4.73 Å². The molecule has 2 aromatic carbocycles. The molecule has 0 aliphatic rings. The first-order chi connectivity index (χ1) is 11.3. The molecule has 23 heavy (non-hydrogen) atoms. The molecular weight excluding hydrogens is 288 g/mol. The zero-order chi connectivity index (χ0) is 15.6. The highest BCUT2D eigenvalue weighted by atomic mass is 16.5. The van der Waals surface area contributed by atoms with Gasteiger partial charge in [-0.15, -0.1) is 0 Å². The Morgan fingerprint density at radius 1 is 0.957 bits per heavy atom. The van der Waals surface area contributed by atoms with Crippen molar-refractivity contribution in [2.24, 2.45) is 0 Å². The summed E-state index contributed by atoms with van der Waals surface area (Å²) in [5, 5.41) is 17.4. The maximum absolute atomic E-state index is 12.2. The minimum absolute atomic E-state index is 0.545. The standard InChI is InChI=1S/C18H14N4O/c23-21-13-19-18-16(17(21)11-14-7-3-1-4-8-14)12-20-22(18)15-9-5-2-6-10-15/h1-10,12-13H,11H2. The molecule has 0 saturated carbocycles. The summed E-state index contributed by atoms with van der Waals surface area (Å²) in [4.78, 5) is 4.27. The van der Waals surface area contributed by atoms with E-state index in [9.17, 15) is 5.21 Å². The molecule has 4 rings (SSSR count). The van der Waals surface area contributed by atoms with Crippen molar-refractivity contribution in [1.82, 2.24) is 14.8 Å². The third-order valence-corrected chi connectivity index (χ3v) is 3.82. The SMILES string of the molecule is [O-][n+]1cnc2c(cnn2-c2ccccc2)c1Cc1ccccc1. The molecule has 0 spiro atoms. The minimum Gasteiger partial charge on any atom is -0.711 e. The van der Waals surface area contributed by atoms with Crippen LogP contribution >= 0.6 is 0 Å². The quantitative estimate of drug-likeness (QED) is 0.432. The Labute approximate surface area is 133 Å². The van der Waals surface area contributed by atoms with Crippen LogP contribution in [0.25, 0.3) is 16.7 Å². The maximum atomic E-state index is 12.2. The Morgan fingerprint density at radius 2 is 1.65 bits per heavy atom. The number of para-hydroxylation sites is 1. The Balaban J connectivity index is 1.85. The maximum Gasteiger partial charge on any atom is 0.292 e. The Kier molecular flexibility index (Phi) is 3.24. The summed E-state index contributed by atoms with van der Waals surface area (Å²) in [7, 11) is 0. The first-order valence-electron chi connectivity index (χ1n) is 7.37. The summed E-state index contributed by atoms with van der Waals surface area (Å²) in [5.74, 6) is 0. The predicted molar refractivity (Wildman–Crippen MR) is 87.1 cm³/mol. The fourth-order valence-electron chi connectivity index (χ4n) is 2.69. The first kappa shape index (κ1) is 13.5. The third-order valence-electron chi connectivity index (χ3n) is 3.82. The van der Waals surface area contributed by atoms with E-state index >= 15 is 0 Å². The molecule has 0 atom stereocenters. The van der Waals surface area contributed by atoms with Gasteiger partial charge in [0.05, 0.1) is 11.9 Å². The molecule has 4 aromatic rings. The van der Waals surface area contributed by atoms with E-state index < -0.39 is 0 Å². The van der Waals surface area contributed by atoms with E-state index in [2.05, 4.69) is 10.1 Å². The molecule has 0 amide bonds.